The predicted octanol–water partition coefficient (Wildman–Crippen LogP) is 2.95. The van der Waals surface area contributed by atoms with Gasteiger partial charge in [0.25, 0.3) is 0 Å². The lowest BCUT2D eigenvalue weighted by Crippen LogP contribution is -2.54. The molecule has 1 aromatic rings. The molecular formula is C22H35N3O4. The molecule has 7 heteroatoms. The van der Waals surface area contributed by atoms with Gasteiger partial charge in [0.05, 0.1) is 0 Å². The van der Waals surface area contributed by atoms with E-state index in [1.807, 2.05) is 58.0 Å². The molecule has 0 aliphatic rings. The van der Waals surface area contributed by atoms with Crippen LogP contribution in [0.15, 0.2) is 30.3 Å². The van der Waals surface area contributed by atoms with Gasteiger partial charge in [-0.15, -0.1) is 0 Å². The SMILES string of the molecule is CC(C)CC(NC(=O)OCc1ccccc1)C(=O)NC(CC(C)C)C(=O)N(C)C. The van der Waals surface area contributed by atoms with Gasteiger partial charge in [-0.3, -0.25) is 9.59 Å². The molecule has 1 aromatic carbocycles. The van der Waals surface area contributed by atoms with Gasteiger partial charge in [-0.1, -0.05) is 58.0 Å². The van der Waals surface area contributed by atoms with Crippen LogP contribution in [0.1, 0.15) is 46.1 Å². The van der Waals surface area contributed by atoms with Crippen molar-refractivity contribution in [1.82, 2.24) is 15.5 Å². The van der Waals surface area contributed by atoms with Crippen LogP contribution in [0.25, 0.3) is 0 Å². The van der Waals surface area contributed by atoms with E-state index in [4.69, 9.17) is 4.74 Å². The van der Waals surface area contributed by atoms with E-state index in [-0.39, 0.29) is 30.3 Å². The molecule has 2 N–H and O–H groups in total. The second kappa shape index (κ2) is 12.1. The fraction of sp³-hybridized carbons (Fsp3) is 0.591. The van der Waals surface area contributed by atoms with Gasteiger partial charge in [0, 0.05) is 14.1 Å². The maximum atomic E-state index is 12.9. The molecule has 2 atom stereocenters. The van der Waals surface area contributed by atoms with Crippen molar-refractivity contribution in [2.75, 3.05) is 14.1 Å². The van der Waals surface area contributed by atoms with E-state index in [0.717, 1.165) is 5.56 Å². The maximum Gasteiger partial charge on any atom is 0.408 e. The van der Waals surface area contributed by atoms with Gasteiger partial charge in [0.2, 0.25) is 11.8 Å². The van der Waals surface area contributed by atoms with Gasteiger partial charge in [-0.2, -0.15) is 0 Å². The number of hydrogen-bond donors (Lipinski definition) is 2. The Bertz CT molecular complexity index is 659. The number of rotatable bonds is 10. The fourth-order valence-corrected chi connectivity index (χ4v) is 2.89. The second-order valence-electron chi connectivity index (χ2n) is 8.31. The molecule has 0 fully saturated rings. The highest BCUT2D eigenvalue weighted by Crippen LogP contribution is 2.10. The molecular weight excluding hydrogens is 370 g/mol. The molecule has 0 aliphatic carbocycles. The largest absolute Gasteiger partial charge is 0.445 e. The highest BCUT2D eigenvalue weighted by atomic mass is 16.5. The van der Waals surface area contributed by atoms with Crippen LogP contribution in [0.5, 0.6) is 0 Å². The number of hydrogen-bond acceptors (Lipinski definition) is 4. The zero-order valence-electron chi connectivity index (χ0n) is 18.4. The third-order valence-electron chi connectivity index (χ3n) is 4.29. The second-order valence-corrected chi connectivity index (χ2v) is 8.31. The summed E-state index contributed by atoms with van der Waals surface area (Å²) in [5.74, 6) is -0.136. The molecule has 29 heavy (non-hydrogen) atoms. The van der Waals surface area contributed by atoms with Crippen LogP contribution in [-0.4, -0.2) is 49.0 Å². The molecule has 3 amide bonds. The van der Waals surface area contributed by atoms with E-state index in [1.54, 1.807) is 14.1 Å². The number of carbonyl (C=O) groups is 3. The van der Waals surface area contributed by atoms with Gasteiger partial charge >= 0.3 is 6.09 Å². The zero-order chi connectivity index (χ0) is 22.0. The van der Waals surface area contributed by atoms with E-state index < -0.39 is 18.2 Å². The van der Waals surface area contributed by atoms with Crippen molar-refractivity contribution < 1.29 is 19.1 Å². The van der Waals surface area contributed by atoms with E-state index in [9.17, 15) is 14.4 Å². The minimum Gasteiger partial charge on any atom is -0.445 e. The van der Waals surface area contributed by atoms with Gasteiger partial charge in [-0.25, -0.2) is 4.79 Å². The summed E-state index contributed by atoms with van der Waals surface area (Å²) in [6.45, 7) is 8.04. The van der Waals surface area contributed by atoms with Crippen molar-refractivity contribution in [3.8, 4) is 0 Å². The number of ether oxygens (including phenoxy) is 1. The lowest BCUT2D eigenvalue weighted by atomic mass is 10.00. The molecule has 0 heterocycles. The Labute approximate surface area is 174 Å². The third-order valence-corrected chi connectivity index (χ3v) is 4.29. The molecule has 0 saturated carbocycles. The molecule has 0 saturated heterocycles. The molecule has 0 spiro atoms. The van der Waals surface area contributed by atoms with E-state index >= 15 is 0 Å². The number of nitrogens with zero attached hydrogens (tertiary/aromatic N) is 1. The van der Waals surface area contributed by atoms with Crippen molar-refractivity contribution in [2.45, 2.75) is 59.2 Å². The first kappa shape index (κ1) is 24.5. The first-order valence-corrected chi connectivity index (χ1v) is 10.1. The monoisotopic (exact) mass is 405 g/mol. The average molecular weight is 406 g/mol. The van der Waals surface area contributed by atoms with Crippen LogP contribution in [-0.2, 0) is 20.9 Å². The first-order chi connectivity index (χ1) is 13.6. The Kier molecular flexibility index (Phi) is 10.2. The Hall–Kier alpha value is -2.57. The molecule has 162 valence electrons. The lowest BCUT2D eigenvalue weighted by Gasteiger charge is -2.26. The number of nitrogens with one attached hydrogen (secondary N) is 2. The highest BCUT2D eigenvalue weighted by Gasteiger charge is 2.29. The first-order valence-electron chi connectivity index (χ1n) is 10.1. The standard InChI is InChI=1S/C22H35N3O4/c1-15(2)12-18(24-22(28)29-14-17-10-8-7-9-11-17)20(26)23-19(13-16(3)4)21(27)25(5)6/h7-11,15-16,18-19H,12-14H2,1-6H3,(H,23,26)(H,24,28). The Balaban J connectivity index is 2.76. The minimum absolute atomic E-state index is 0.123. The number of alkyl carbamates (subject to hydrolysis) is 1. The molecule has 7 nitrogen and oxygen atoms in total. The normalized spacial score (nSPS) is 13.0. The quantitative estimate of drug-likeness (QED) is 0.626. The molecule has 1 rings (SSSR count). The topological polar surface area (TPSA) is 87.7 Å². The van der Waals surface area contributed by atoms with Crippen LogP contribution in [0.3, 0.4) is 0 Å². The molecule has 0 aliphatic heterocycles. The Morgan fingerprint density at radius 3 is 1.97 bits per heavy atom. The zero-order valence-corrected chi connectivity index (χ0v) is 18.4. The highest BCUT2D eigenvalue weighted by molar-refractivity contribution is 5.91. The smallest absolute Gasteiger partial charge is 0.408 e. The minimum atomic E-state index is -0.775. The van der Waals surface area contributed by atoms with E-state index in [0.29, 0.717) is 12.8 Å². The number of likely N-dealkylation sites (N-methyl/N-ethyl adjacent to an activating group) is 1. The van der Waals surface area contributed by atoms with Gasteiger partial charge in [0.1, 0.15) is 18.7 Å². The predicted molar refractivity (Wildman–Crippen MR) is 113 cm³/mol. The van der Waals surface area contributed by atoms with E-state index in [2.05, 4.69) is 10.6 Å². The van der Waals surface area contributed by atoms with Gasteiger partial charge in [0.15, 0.2) is 0 Å². The summed E-state index contributed by atoms with van der Waals surface area (Å²) in [4.78, 5) is 39.0. The summed E-state index contributed by atoms with van der Waals surface area (Å²) < 4.78 is 5.24. The molecule has 0 radical (unpaired) electrons. The van der Waals surface area contributed by atoms with Crippen molar-refractivity contribution >= 4 is 17.9 Å². The molecule has 2 unspecified atom stereocenters. The summed E-state index contributed by atoms with van der Waals surface area (Å²) in [6.07, 6.45) is 0.306. The average Bonchev–Trinajstić information content (AvgIpc) is 2.64. The van der Waals surface area contributed by atoms with Crippen molar-refractivity contribution in [3.63, 3.8) is 0 Å². The van der Waals surface area contributed by atoms with Gasteiger partial charge < -0.3 is 20.3 Å². The summed E-state index contributed by atoms with van der Waals surface area (Å²) in [5, 5.41) is 5.46. The van der Waals surface area contributed by atoms with Crippen molar-refractivity contribution in [3.05, 3.63) is 35.9 Å². The van der Waals surface area contributed by atoms with Crippen LogP contribution in [0.2, 0.25) is 0 Å². The Morgan fingerprint density at radius 2 is 1.45 bits per heavy atom. The van der Waals surface area contributed by atoms with Crippen LogP contribution in [0.4, 0.5) is 4.79 Å². The van der Waals surface area contributed by atoms with Crippen LogP contribution < -0.4 is 10.6 Å². The summed E-state index contributed by atoms with van der Waals surface area (Å²) in [7, 11) is 3.32. The van der Waals surface area contributed by atoms with E-state index in [1.165, 1.54) is 4.90 Å². The number of carbonyl (C=O) groups excluding carboxylic acids is 3. The van der Waals surface area contributed by atoms with Crippen LogP contribution in [0, 0.1) is 11.8 Å². The molecule has 0 bridgehead atoms. The summed E-state index contributed by atoms with van der Waals surface area (Å²) in [6, 6.07) is 7.92. The number of amides is 3. The van der Waals surface area contributed by atoms with Gasteiger partial charge in [-0.05, 0) is 30.2 Å². The number of benzene rings is 1. The fourth-order valence-electron chi connectivity index (χ4n) is 2.89. The van der Waals surface area contributed by atoms with Crippen molar-refractivity contribution in [1.29, 1.82) is 0 Å². The molecule has 0 aromatic heterocycles. The summed E-state index contributed by atoms with van der Waals surface area (Å²) >= 11 is 0. The third kappa shape index (κ3) is 9.45. The van der Waals surface area contributed by atoms with Crippen molar-refractivity contribution in [2.24, 2.45) is 11.8 Å². The van der Waals surface area contributed by atoms with Crippen LogP contribution >= 0.6 is 0 Å². The maximum absolute atomic E-state index is 12.9. The Morgan fingerprint density at radius 1 is 0.897 bits per heavy atom. The lowest BCUT2D eigenvalue weighted by molar-refractivity contribution is -0.135. The summed E-state index contributed by atoms with van der Waals surface area (Å²) in [5.41, 5.74) is 0.862.